The molecule has 10 heteroatoms. The number of nitriles is 1. The standard InChI is InChI=1S/C27H35FN6O2S/c1-20(2)30-12-13-31-26(35)18-33(19-27(36)32(3)34-14-4-5-15-34)24-16-21(17-29)6-11-25(24)37-23-9-7-22(28)8-10-23/h6-11,16,20,30H,4-5,12-15,18-19H2,1-3H3,(H,31,35). The lowest BCUT2D eigenvalue weighted by Crippen LogP contribution is -2.49. The second-order valence-electron chi connectivity index (χ2n) is 9.24. The molecule has 2 aromatic carbocycles. The van der Waals surface area contributed by atoms with Gasteiger partial charge in [0.15, 0.2) is 0 Å². The van der Waals surface area contributed by atoms with E-state index in [1.807, 2.05) is 18.9 Å². The van der Waals surface area contributed by atoms with Gasteiger partial charge in [-0.1, -0.05) is 25.6 Å². The second-order valence-corrected chi connectivity index (χ2v) is 10.4. The first-order valence-electron chi connectivity index (χ1n) is 12.5. The van der Waals surface area contributed by atoms with E-state index in [-0.39, 0.29) is 30.7 Å². The first-order chi connectivity index (χ1) is 17.8. The fourth-order valence-electron chi connectivity index (χ4n) is 3.99. The molecule has 1 aliphatic rings. The largest absolute Gasteiger partial charge is 0.353 e. The summed E-state index contributed by atoms with van der Waals surface area (Å²) in [7, 11) is 1.75. The van der Waals surface area contributed by atoms with Gasteiger partial charge in [0.2, 0.25) is 5.91 Å². The van der Waals surface area contributed by atoms with E-state index in [1.54, 1.807) is 47.3 Å². The molecule has 0 aliphatic carbocycles. The molecule has 37 heavy (non-hydrogen) atoms. The average Bonchev–Trinajstić information content (AvgIpc) is 3.42. The van der Waals surface area contributed by atoms with Crippen molar-refractivity contribution in [2.45, 2.75) is 42.5 Å². The smallest absolute Gasteiger partial charge is 0.256 e. The van der Waals surface area contributed by atoms with Gasteiger partial charge in [0.1, 0.15) is 5.82 Å². The van der Waals surface area contributed by atoms with Crippen LogP contribution in [0.25, 0.3) is 0 Å². The molecule has 2 aromatic rings. The van der Waals surface area contributed by atoms with Crippen LogP contribution in [0.1, 0.15) is 32.3 Å². The lowest BCUT2D eigenvalue weighted by molar-refractivity contribution is -0.142. The lowest BCUT2D eigenvalue weighted by atomic mass is 10.2. The molecule has 0 radical (unpaired) electrons. The Morgan fingerprint density at radius 1 is 1.11 bits per heavy atom. The molecule has 0 bridgehead atoms. The third kappa shape index (κ3) is 8.74. The molecule has 0 atom stereocenters. The Kier molecular flexibility index (Phi) is 10.7. The average molecular weight is 527 g/mol. The van der Waals surface area contributed by atoms with Gasteiger partial charge in [-0.05, 0) is 55.3 Å². The quantitative estimate of drug-likeness (QED) is 0.410. The summed E-state index contributed by atoms with van der Waals surface area (Å²) in [6.45, 7) is 6.73. The van der Waals surface area contributed by atoms with Crippen molar-refractivity contribution in [3.63, 3.8) is 0 Å². The zero-order chi connectivity index (χ0) is 26.8. The number of rotatable bonds is 12. The van der Waals surface area contributed by atoms with E-state index in [0.717, 1.165) is 35.7 Å². The SMILES string of the molecule is CC(C)NCCNC(=O)CN(CC(=O)N(C)N1CCCC1)c1cc(C#N)ccc1Sc1ccc(F)cc1. The van der Waals surface area contributed by atoms with Crippen LogP contribution < -0.4 is 15.5 Å². The molecule has 0 unspecified atom stereocenters. The Labute approximate surface area is 222 Å². The highest BCUT2D eigenvalue weighted by Crippen LogP contribution is 2.36. The zero-order valence-electron chi connectivity index (χ0n) is 21.7. The van der Waals surface area contributed by atoms with Crippen LogP contribution in [0.5, 0.6) is 0 Å². The summed E-state index contributed by atoms with van der Waals surface area (Å²) in [6, 6.07) is 13.8. The number of hydrogen-bond donors (Lipinski definition) is 2. The van der Waals surface area contributed by atoms with E-state index < -0.39 is 0 Å². The Morgan fingerprint density at radius 2 is 1.81 bits per heavy atom. The maximum Gasteiger partial charge on any atom is 0.256 e. The van der Waals surface area contributed by atoms with Gasteiger partial charge < -0.3 is 15.5 Å². The monoisotopic (exact) mass is 526 g/mol. The first-order valence-corrected chi connectivity index (χ1v) is 13.3. The summed E-state index contributed by atoms with van der Waals surface area (Å²) in [6.07, 6.45) is 2.08. The van der Waals surface area contributed by atoms with Gasteiger partial charge in [-0.2, -0.15) is 5.26 Å². The first kappa shape index (κ1) is 28.4. The van der Waals surface area contributed by atoms with E-state index in [4.69, 9.17) is 0 Å². The molecule has 0 spiro atoms. The molecule has 198 valence electrons. The van der Waals surface area contributed by atoms with Gasteiger partial charge in [0, 0.05) is 49.1 Å². The number of amides is 2. The fourth-order valence-corrected chi connectivity index (χ4v) is 4.95. The maximum absolute atomic E-state index is 13.4. The van der Waals surface area contributed by atoms with Crippen LogP contribution in [0.2, 0.25) is 0 Å². The maximum atomic E-state index is 13.4. The summed E-state index contributed by atoms with van der Waals surface area (Å²) in [5.74, 6) is -0.691. The van der Waals surface area contributed by atoms with Crippen LogP contribution in [-0.2, 0) is 9.59 Å². The van der Waals surface area contributed by atoms with E-state index in [0.29, 0.717) is 30.4 Å². The normalized spacial score (nSPS) is 13.4. The van der Waals surface area contributed by atoms with E-state index in [2.05, 4.69) is 16.7 Å². The second kappa shape index (κ2) is 14.0. The lowest BCUT2D eigenvalue weighted by Gasteiger charge is -2.32. The number of hydrogen-bond acceptors (Lipinski definition) is 7. The minimum Gasteiger partial charge on any atom is -0.353 e. The summed E-state index contributed by atoms with van der Waals surface area (Å²) in [5.41, 5.74) is 1.03. The highest BCUT2D eigenvalue weighted by Gasteiger charge is 2.25. The highest BCUT2D eigenvalue weighted by molar-refractivity contribution is 7.99. The Balaban J connectivity index is 1.86. The summed E-state index contributed by atoms with van der Waals surface area (Å²) in [5, 5.41) is 19.4. The summed E-state index contributed by atoms with van der Waals surface area (Å²) in [4.78, 5) is 29.5. The molecule has 1 saturated heterocycles. The number of hydrazine groups is 1. The zero-order valence-corrected chi connectivity index (χ0v) is 22.5. The van der Waals surface area contributed by atoms with Crippen molar-refractivity contribution in [3.05, 3.63) is 53.8 Å². The topological polar surface area (TPSA) is 91.7 Å². The van der Waals surface area contributed by atoms with Crippen LogP contribution in [-0.4, -0.2) is 74.2 Å². The van der Waals surface area contributed by atoms with Crippen molar-refractivity contribution < 1.29 is 14.0 Å². The molecule has 0 aromatic heterocycles. The molecule has 8 nitrogen and oxygen atoms in total. The van der Waals surface area contributed by atoms with E-state index >= 15 is 0 Å². The number of benzene rings is 2. The number of anilines is 1. The molecule has 2 amide bonds. The third-order valence-corrected chi connectivity index (χ3v) is 7.07. The van der Waals surface area contributed by atoms with Crippen molar-refractivity contribution in [2.75, 3.05) is 51.2 Å². The van der Waals surface area contributed by atoms with Crippen molar-refractivity contribution in [1.29, 1.82) is 5.26 Å². The van der Waals surface area contributed by atoms with Crippen LogP contribution in [0.15, 0.2) is 52.3 Å². The number of likely N-dealkylation sites (N-methyl/N-ethyl adjacent to an activating group) is 1. The number of nitrogens with one attached hydrogen (secondary N) is 2. The van der Waals surface area contributed by atoms with Crippen LogP contribution >= 0.6 is 11.8 Å². The number of carbonyl (C=O) groups excluding carboxylic acids is 2. The summed E-state index contributed by atoms with van der Waals surface area (Å²) >= 11 is 1.39. The molecular formula is C27H35FN6O2S. The predicted molar refractivity (Wildman–Crippen MR) is 144 cm³/mol. The highest BCUT2D eigenvalue weighted by atomic mass is 32.2. The summed E-state index contributed by atoms with van der Waals surface area (Å²) < 4.78 is 13.4. The number of halogens is 1. The minimum absolute atomic E-state index is 0.0312. The van der Waals surface area contributed by atoms with Gasteiger partial charge in [0.05, 0.1) is 30.4 Å². The minimum atomic E-state index is -0.329. The van der Waals surface area contributed by atoms with Gasteiger partial charge in [-0.3, -0.25) is 14.6 Å². The van der Waals surface area contributed by atoms with E-state index in [9.17, 15) is 19.2 Å². The molecule has 3 rings (SSSR count). The molecule has 0 saturated carbocycles. The molecule has 1 heterocycles. The van der Waals surface area contributed by atoms with Crippen molar-refractivity contribution in [2.24, 2.45) is 0 Å². The van der Waals surface area contributed by atoms with Crippen molar-refractivity contribution in [1.82, 2.24) is 20.7 Å². The predicted octanol–water partition coefficient (Wildman–Crippen LogP) is 3.24. The molecule has 1 aliphatic heterocycles. The fraction of sp³-hybridized carbons (Fsp3) is 0.444. The molecular weight excluding hydrogens is 491 g/mol. The number of nitrogens with zero attached hydrogens (tertiary/aromatic N) is 4. The Bertz CT molecular complexity index is 1100. The Hall–Kier alpha value is -3.13. The van der Waals surface area contributed by atoms with Gasteiger partial charge in [-0.25, -0.2) is 9.40 Å². The molecule has 1 fully saturated rings. The molecule has 2 N–H and O–H groups in total. The van der Waals surface area contributed by atoms with Crippen LogP contribution in [0.3, 0.4) is 0 Å². The van der Waals surface area contributed by atoms with Crippen LogP contribution in [0.4, 0.5) is 10.1 Å². The van der Waals surface area contributed by atoms with Crippen molar-refractivity contribution >= 4 is 29.3 Å². The van der Waals surface area contributed by atoms with E-state index in [1.165, 1.54) is 23.9 Å². The van der Waals surface area contributed by atoms with Gasteiger partial charge in [-0.15, -0.1) is 0 Å². The Morgan fingerprint density at radius 3 is 2.46 bits per heavy atom. The number of carbonyl (C=O) groups is 2. The van der Waals surface area contributed by atoms with Gasteiger partial charge >= 0.3 is 0 Å². The van der Waals surface area contributed by atoms with Crippen molar-refractivity contribution in [3.8, 4) is 6.07 Å². The van der Waals surface area contributed by atoms with Crippen LogP contribution in [0, 0.1) is 17.1 Å². The third-order valence-electron chi connectivity index (χ3n) is 6.00. The van der Waals surface area contributed by atoms with Gasteiger partial charge in [0.25, 0.3) is 5.91 Å².